The second-order valence-electron chi connectivity index (χ2n) is 5.82. The van der Waals surface area contributed by atoms with Crippen LogP contribution in [-0.2, 0) is 11.3 Å². The molecule has 1 aliphatic heterocycles. The molecular formula is C17H16N4O2S. The fraction of sp³-hybridized carbons (Fsp3) is 0.235. The number of benzene rings is 1. The second kappa shape index (κ2) is 6.18. The Bertz CT molecular complexity index is 941. The summed E-state index contributed by atoms with van der Waals surface area (Å²) in [7, 11) is 0. The zero-order chi connectivity index (χ0) is 16.5. The van der Waals surface area contributed by atoms with Crippen LogP contribution in [0.4, 0.5) is 0 Å². The molecule has 24 heavy (non-hydrogen) atoms. The summed E-state index contributed by atoms with van der Waals surface area (Å²) in [5, 5.41) is 7.89. The Labute approximate surface area is 141 Å². The van der Waals surface area contributed by atoms with Crippen LogP contribution >= 0.6 is 11.3 Å². The Kier molecular flexibility index (Phi) is 3.87. The summed E-state index contributed by atoms with van der Waals surface area (Å²) in [6.07, 6.45) is 0. The third kappa shape index (κ3) is 2.83. The number of nitrogens with zero attached hydrogens (tertiary/aromatic N) is 1. The lowest BCUT2D eigenvalue weighted by Gasteiger charge is -2.25. The van der Waals surface area contributed by atoms with E-state index in [4.69, 9.17) is 0 Å². The number of carbonyl (C=O) groups excluding carboxylic acids is 1. The van der Waals surface area contributed by atoms with E-state index in [1.165, 1.54) is 11.3 Å². The first-order chi connectivity index (χ1) is 11.7. The van der Waals surface area contributed by atoms with Crippen molar-refractivity contribution in [2.24, 2.45) is 5.92 Å². The highest BCUT2D eigenvalue weighted by Gasteiger charge is 2.24. The largest absolute Gasteiger partial charge is 0.352 e. The maximum Gasteiger partial charge on any atom is 0.269 e. The Balaban J connectivity index is 1.50. The van der Waals surface area contributed by atoms with Crippen LogP contribution in [0.25, 0.3) is 21.6 Å². The Morgan fingerprint density at radius 1 is 1.25 bits per heavy atom. The molecule has 122 valence electrons. The molecule has 0 spiro atoms. The zero-order valence-corrected chi connectivity index (χ0v) is 13.7. The van der Waals surface area contributed by atoms with Gasteiger partial charge >= 0.3 is 0 Å². The fourth-order valence-corrected chi connectivity index (χ4v) is 3.32. The average molecular weight is 340 g/mol. The molecule has 1 amide bonds. The molecule has 6 nitrogen and oxygen atoms in total. The number of amides is 1. The molecular weight excluding hydrogens is 324 g/mol. The van der Waals surface area contributed by atoms with Gasteiger partial charge in [0, 0.05) is 25.2 Å². The van der Waals surface area contributed by atoms with Crippen molar-refractivity contribution in [2.75, 3.05) is 13.1 Å². The van der Waals surface area contributed by atoms with Crippen molar-refractivity contribution >= 4 is 27.5 Å². The standard InChI is InChI=1S/C17H16N4O2S/c22-16(12-8-18-9-12)19-7-10-1-3-11(4-2-10)15-20-13-5-6-24-14(13)17(23)21-15/h1-6,12,18H,7-9H2,(H,19,22)(H,20,21,23). The number of fused-ring (bicyclic) bond motifs is 1. The van der Waals surface area contributed by atoms with E-state index in [9.17, 15) is 9.59 Å². The van der Waals surface area contributed by atoms with E-state index >= 15 is 0 Å². The molecule has 3 N–H and O–H groups in total. The summed E-state index contributed by atoms with van der Waals surface area (Å²) in [6.45, 7) is 2.02. The maximum atomic E-state index is 12.0. The third-order valence-corrected chi connectivity index (χ3v) is 5.06. The molecule has 1 aromatic carbocycles. The van der Waals surface area contributed by atoms with E-state index in [1.807, 2.05) is 35.7 Å². The molecule has 4 rings (SSSR count). The highest BCUT2D eigenvalue weighted by molar-refractivity contribution is 7.17. The number of rotatable bonds is 4. The Morgan fingerprint density at radius 3 is 2.75 bits per heavy atom. The summed E-state index contributed by atoms with van der Waals surface area (Å²) in [5.74, 6) is 0.740. The van der Waals surface area contributed by atoms with Crippen molar-refractivity contribution in [3.8, 4) is 11.4 Å². The third-order valence-electron chi connectivity index (χ3n) is 4.16. The van der Waals surface area contributed by atoms with Crippen LogP contribution in [0, 0.1) is 5.92 Å². The normalized spacial score (nSPS) is 14.5. The number of hydrogen-bond acceptors (Lipinski definition) is 5. The molecule has 2 aromatic heterocycles. The topological polar surface area (TPSA) is 86.9 Å². The molecule has 3 aromatic rings. The zero-order valence-electron chi connectivity index (χ0n) is 12.8. The van der Waals surface area contributed by atoms with Crippen LogP contribution in [0.1, 0.15) is 5.56 Å². The van der Waals surface area contributed by atoms with Crippen LogP contribution in [0.2, 0.25) is 0 Å². The second-order valence-corrected chi connectivity index (χ2v) is 6.74. The quantitative estimate of drug-likeness (QED) is 0.671. The average Bonchev–Trinajstić information content (AvgIpc) is 3.01. The van der Waals surface area contributed by atoms with Gasteiger partial charge in [-0.2, -0.15) is 0 Å². The monoisotopic (exact) mass is 340 g/mol. The minimum atomic E-state index is -0.115. The summed E-state index contributed by atoms with van der Waals surface area (Å²) in [6, 6.07) is 9.53. The van der Waals surface area contributed by atoms with Gasteiger partial charge in [-0.3, -0.25) is 9.59 Å². The SMILES string of the molecule is O=C(NCc1ccc(-c2nc3ccsc3c(=O)[nH]2)cc1)C1CNC1. The van der Waals surface area contributed by atoms with E-state index in [1.54, 1.807) is 0 Å². The van der Waals surface area contributed by atoms with Crippen LogP contribution in [0.3, 0.4) is 0 Å². The van der Waals surface area contributed by atoms with Crippen LogP contribution in [0.5, 0.6) is 0 Å². The molecule has 0 atom stereocenters. The molecule has 0 unspecified atom stereocenters. The summed E-state index contributed by atoms with van der Waals surface area (Å²) in [5.41, 5.74) is 2.46. The van der Waals surface area contributed by atoms with Crippen LogP contribution in [-0.4, -0.2) is 29.0 Å². The highest BCUT2D eigenvalue weighted by atomic mass is 32.1. The molecule has 7 heteroatoms. The Hall–Kier alpha value is -2.51. The minimum Gasteiger partial charge on any atom is -0.352 e. The number of H-pyrrole nitrogens is 1. The van der Waals surface area contributed by atoms with Crippen molar-refractivity contribution < 1.29 is 4.79 Å². The van der Waals surface area contributed by atoms with E-state index < -0.39 is 0 Å². The Morgan fingerprint density at radius 2 is 2.04 bits per heavy atom. The molecule has 0 saturated carbocycles. The first kappa shape index (κ1) is 15.0. The molecule has 3 heterocycles. The van der Waals surface area contributed by atoms with E-state index in [0.29, 0.717) is 22.6 Å². The lowest BCUT2D eigenvalue weighted by molar-refractivity contribution is -0.126. The summed E-state index contributed by atoms with van der Waals surface area (Å²) < 4.78 is 0.642. The van der Waals surface area contributed by atoms with Gasteiger partial charge in [-0.1, -0.05) is 24.3 Å². The number of hydrogen-bond donors (Lipinski definition) is 3. The van der Waals surface area contributed by atoms with Gasteiger partial charge in [-0.25, -0.2) is 4.98 Å². The summed E-state index contributed by atoms with van der Waals surface area (Å²) in [4.78, 5) is 31.2. The molecule has 0 aliphatic carbocycles. The minimum absolute atomic E-state index is 0.0896. The van der Waals surface area contributed by atoms with E-state index in [0.717, 1.165) is 24.2 Å². The number of aromatic nitrogens is 2. The van der Waals surface area contributed by atoms with E-state index in [2.05, 4.69) is 20.6 Å². The first-order valence-electron chi connectivity index (χ1n) is 7.76. The van der Waals surface area contributed by atoms with Crippen molar-refractivity contribution in [2.45, 2.75) is 6.54 Å². The van der Waals surface area contributed by atoms with Gasteiger partial charge in [0.1, 0.15) is 10.5 Å². The molecule has 0 radical (unpaired) electrons. The van der Waals surface area contributed by atoms with Crippen molar-refractivity contribution in [3.63, 3.8) is 0 Å². The van der Waals surface area contributed by atoms with E-state index in [-0.39, 0.29) is 17.4 Å². The lowest BCUT2D eigenvalue weighted by atomic mass is 10.0. The number of nitrogens with one attached hydrogen (secondary N) is 3. The molecule has 1 aliphatic rings. The molecule has 1 fully saturated rings. The first-order valence-corrected chi connectivity index (χ1v) is 8.64. The lowest BCUT2D eigenvalue weighted by Crippen LogP contribution is -2.50. The fourth-order valence-electron chi connectivity index (χ4n) is 2.60. The van der Waals surface area contributed by atoms with Crippen LogP contribution in [0.15, 0.2) is 40.5 Å². The van der Waals surface area contributed by atoms with Gasteiger partial charge in [0.2, 0.25) is 5.91 Å². The maximum absolute atomic E-state index is 12.0. The smallest absolute Gasteiger partial charge is 0.269 e. The van der Waals surface area contributed by atoms with Gasteiger partial charge in [0.05, 0.1) is 11.4 Å². The van der Waals surface area contributed by atoms with Crippen molar-refractivity contribution in [1.82, 2.24) is 20.6 Å². The van der Waals surface area contributed by atoms with Gasteiger partial charge < -0.3 is 15.6 Å². The van der Waals surface area contributed by atoms with Crippen molar-refractivity contribution in [3.05, 3.63) is 51.6 Å². The predicted octanol–water partition coefficient (Wildman–Crippen LogP) is 1.49. The number of thiophene rings is 1. The molecule has 0 bridgehead atoms. The van der Waals surface area contributed by atoms with Gasteiger partial charge in [0.25, 0.3) is 5.56 Å². The van der Waals surface area contributed by atoms with Crippen LogP contribution < -0.4 is 16.2 Å². The van der Waals surface area contributed by atoms with Gasteiger partial charge in [-0.15, -0.1) is 11.3 Å². The molecule has 1 saturated heterocycles. The number of carbonyl (C=O) groups is 1. The van der Waals surface area contributed by atoms with Crippen molar-refractivity contribution in [1.29, 1.82) is 0 Å². The predicted molar refractivity (Wildman–Crippen MR) is 93.9 cm³/mol. The highest BCUT2D eigenvalue weighted by Crippen LogP contribution is 2.19. The number of aromatic amines is 1. The van der Waals surface area contributed by atoms with Gasteiger partial charge in [0.15, 0.2) is 0 Å². The summed E-state index contributed by atoms with van der Waals surface area (Å²) >= 11 is 1.39. The van der Waals surface area contributed by atoms with Gasteiger partial charge in [-0.05, 0) is 17.0 Å².